The van der Waals surface area contributed by atoms with Crippen LogP contribution in [0.2, 0.25) is 0 Å². The lowest BCUT2D eigenvalue weighted by Crippen LogP contribution is -2.27. The molecule has 0 amide bonds. The van der Waals surface area contributed by atoms with Gasteiger partial charge in [0.25, 0.3) is 6.04 Å². The minimum absolute atomic E-state index is 0.0227. The Morgan fingerprint density at radius 1 is 1.31 bits per heavy atom. The van der Waals surface area contributed by atoms with Gasteiger partial charge in [0.1, 0.15) is 5.69 Å². The van der Waals surface area contributed by atoms with Crippen molar-refractivity contribution in [2.24, 2.45) is 5.41 Å². The zero-order chi connectivity index (χ0) is 11.9. The maximum absolute atomic E-state index is 10.9. The van der Waals surface area contributed by atoms with Gasteiger partial charge in [-0.3, -0.25) is 10.1 Å². The molecule has 88 valence electrons. The van der Waals surface area contributed by atoms with Gasteiger partial charge in [-0.1, -0.05) is 25.9 Å². The molecule has 0 saturated heterocycles. The van der Waals surface area contributed by atoms with Gasteiger partial charge in [0.15, 0.2) is 5.69 Å². The molecule has 2 atom stereocenters. The molecule has 2 unspecified atom stereocenters. The molecule has 0 bridgehead atoms. The first-order valence-electron chi connectivity index (χ1n) is 5.37. The van der Waals surface area contributed by atoms with E-state index in [0.717, 1.165) is 6.42 Å². The van der Waals surface area contributed by atoms with E-state index in [1.807, 2.05) is 0 Å². The number of aromatic nitrogens is 2. The summed E-state index contributed by atoms with van der Waals surface area (Å²) in [7, 11) is 0. The monoisotopic (exact) mass is 225 g/mol. The van der Waals surface area contributed by atoms with Crippen LogP contribution in [0.4, 0.5) is 0 Å². The maximum atomic E-state index is 10.9. The number of rotatable bonds is 1. The van der Waals surface area contributed by atoms with Gasteiger partial charge in [0.2, 0.25) is 0 Å². The number of hydrogen-bond donors (Lipinski definition) is 0. The largest absolute Gasteiger partial charge is 0.264 e. The summed E-state index contributed by atoms with van der Waals surface area (Å²) < 4.78 is 4.67. The Bertz CT molecular complexity index is 408. The molecule has 0 fully saturated rings. The first-order chi connectivity index (χ1) is 7.41. The van der Waals surface area contributed by atoms with E-state index in [9.17, 15) is 10.1 Å². The Hall–Kier alpha value is -1.46. The molecule has 0 aromatic carbocycles. The number of fused-ring (bicyclic) bond motifs is 1. The summed E-state index contributed by atoms with van der Waals surface area (Å²) in [5, 5.41) is 18.4. The Balaban J connectivity index is 2.40. The predicted octanol–water partition coefficient (Wildman–Crippen LogP) is 2.31. The van der Waals surface area contributed by atoms with E-state index >= 15 is 0 Å². The van der Waals surface area contributed by atoms with E-state index in [2.05, 4.69) is 35.7 Å². The highest BCUT2D eigenvalue weighted by atomic mass is 16.6. The molecule has 6 nitrogen and oxygen atoms in total. The van der Waals surface area contributed by atoms with Crippen LogP contribution >= 0.6 is 0 Å². The highest BCUT2D eigenvalue weighted by Crippen LogP contribution is 2.45. The van der Waals surface area contributed by atoms with E-state index in [0.29, 0.717) is 17.8 Å². The number of nitro groups is 1. The summed E-state index contributed by atoms with van der Waals surface area (Å²) in [5.41, 5.74) is 1.10. The normalized spacial score (nSPS) is 25.2. The van der Waals surface area contributed by atoms with Gasteiger partial charge in [-0.25, -0.2) is 4.63 Å². The third kappa shape index (κ3) is 1.68. The fourth-order valence-electron chi connectivity index (χ4n) is 2.32. The fraction of sp³-hybridized carbons (Fsp3) is 0.800. The van der Waals surface area contributed by atoms with Gasteiger partial charge in [-0.05, 0) is 17.0 Å². The van der Waals surface area contributed by atoms with E-state index in [4.69, 9.17) is 0 Å². The molecule has 0 N–H and O–H groups in total. The molecular weight excluding hydrogens is 210 g/mol. The van der Waals surface area contributed by atoms with Crippen molar-refractivity contribution in [3.05, 3.63) is 21.5 Å². The molecule has 0 spiro atoms. The van der Waals surface area contributed by atoms with Crippen molar-refractivity contribution in [2.75, 3.05) is 0 Å². The second kappa shape index (κ2) is 3.54. The van der Waals surface area contributed by atoms with Crippen molar-refractivity contribution in [2.45, 2.75) is 45.6 Å². The quantitative estimate of drug-likeness (QED) is 0.541. The molecule has 2 rings (SSSR count). The van der Waals surface area contributed by atoms with Gasteiger partial charge in [0.05, 0.1) is 0 Å². The van der Waals surface area contributed by atoms with Crippen molar-refractivity contribution >= 4 is 0 Å². The highest BCUT2D eigenvalue weighted by Gasteiger charge is 2.43. The molecule has 1 aromatic rings. The van der Waals surface area contributed by atoms with Crippen LogP contribution < -0.4 is 0 Å². The average molecular weight is 225 g/mol. The smallest absolute Gasteiger partial charge is 0.260 e. The third-order valence-corrected chi connectivity index (χ3v) is 3.22. The highest BCUT2D eigenvalue weighted by molar-refractivity contribution is 5.21. The molecule has 0 saturated carbocycles. The molecule has 1 aliphatic rings. The Morgan fingerprint density at radius 3 is 2.50 bits per heavy atom. The Kier molecular flexibility index (Phi) is 2.44. The molecular formula is C10H15N3O3. The summed E-state index contributed by atoms with van der Waals surface area (Å²) in [6, 6.07) is -0.750. The van der Waals surface area contributed by atoms with E-state index in [1.54, 1.807) is 0 Å². The zero-order valence-electron chi connectivity index (χ0n) is 9.64. The predicted molar refractivity (Wildman–Crippen MR) is 55.5 cm³/mol. The summed E-state index contributed by atoms with van der Waals surface area (Å²) >= 11 is 0. The van der Waals surface area contributed by atoms with Crippen LogP contribution in [0.5, 0.6) is 0 Å². The van der Waals surface area contributed by atoms with Crippen molar-refractivity contribution in [3.63, 3.8) is 0 Å². The standard InChI is InChI=1S/C10H15N3O3/c1-10(2,3)6-4-5-7(13(14)15)9-8(6)11-16-12-9/h6-7H,4-5H2,1-3H3. The molecule has 6 heteroatoms. The zero-order valence-corrected chi connectivity index (χ0v) is 9.64. The number of nitrogens with zero attached hydrogens (tertiary/aromatic N) is 3. The summed E-state index contributed by atoms with van der Waals surface area (Å²) in [4.78, 5) is 10.6. The minimum Gasteiger partial charge on any atom is -0.264 e. The maximum Gasteiger partial charge on any atom is 0.260 e. The second-order valence-corrected chi connectivity index (χ2v) is 5.33. The first kappa shape index (κ1) is 11.0. The molecule has 0 aliphatic heterocycles. The summed E-state index contributed by atoms with van der Waals surface area (Å²) in [6.07, 6.45) is 1.27. The fourth-order valence-corrected chi connectivity index (χ4v) is 2.32. The lowest BCUT2D eigenvalue weighted by molar-refractivity contribution is -0.532. The first-order valence-corrected chi connectivity index (χ1v) is 5.37. The topological polar surface area (TPSA) is 82.1 Å². The van der Waals surface area contributed by atoms with Crippen molar-refractivity contribution < 1.29 is 9.55 Å². The van der Waals surface area contributed by atoms with E-state index in [1.165, 1.54) is 0 Å². The van der Waals surface area contributed by atoms with E-state index in [-0.39, 0.29) is 16.3 Å². The lowest BCUT2D eigenvalue weighted by atomic mass is 9.72. The van der Waals surface area contributed by atoms with Crippen LogP contribution in [0.15, 0.2) is 4.63 Å². The Morgan fingerprint density at radius 2 is 1.94 bits per heavy atom. The SMILES string of the molecule is CC(C)(C)C1CCC([N+](=O)[O-])c2nonc21. The Labute approximate surface area is 93.1 Å². The van der Waals surface area contributed by atoms with Crippen LogP contribution in [-0.4, -0.2) is 15.2 Å². The van der Waals surface area contributed by atoms with Crippen LogP contribution in [0.1, 0.15) is 57.0 Å². The lowest BCUT2D eigenvalue weighted by Gasteiger charge is -2.32. The summed E-state index contributed by atoms with van der Waals surface area (Å²) in [5.74, 6) is 0.185. The molecule has 0 radical (unpaired) electrons. The van der Waals surface area contributed by atoms with Crippen LogP contribution in [0.3, 0.4) is 0 Å². The van der Waals surface area contributed by atoms with Gasteiger partial charge in [0, 0.05) is 17.3 Å². The van der Waals surface area contributed by atoms with Crippen LogP contribution in [-0.2, 0) is 0 Å². The van der Waals surface area contributed by atoms with Crippen molar-refractivity contribution in [1.82, 2.24) is 10.3 Å². The summed E-state index contributed by atoms with van der Waals surface area (Å²) in [6.45, 7) is 6.30. The number of hydrogen-bond acceptors (Lipinski definition) is 5. The van der Waals surface area contributed by atoms with Crippen LogP contribution in [0, 0.1) is 15.5 Å². The molecule has 16 heavy (non-hydrogen) atoms. The van der Waals surface area contributed by atoms with Crippen molar-refractivity contribution in [3.8, 4) is 0 Å². The molecule has 1 aromatic heterocycles. The van der Waals surface area contributed by atoms with Gasteiger partial charge in [-0.15, -0.1) is 0 Å². The van der Waals surface area contributed by atoms with Gasteiger partial charge >= 0.3 is 0 Å². The second-order valence-electron chi connectivity index (χ2n) is 5.33. The molecule has 1 heterocycles. The average Bonchev–Trinajstić information content (AvgIpc) is 2.61. The van der Waals surface area contributed by atoms with Crippen molar-refractivity contribution in [1.29, 1.82) is 0 Å². The van der Waals surface area contributed by atoms with E-state index < -0.39 is 6.04 Å². The minimum atomic E-state index is -0.750. The van der Waals surface area contributed by atoms with Gasteiger partial charge in [-0.2, -0.15) is 0 Å². The van der Waals surface area contributed by atoms with Crippen LogP contribution in [0.25, 0.3) is 0 Å². The third-order valence-electron chi connectivity index (χ3n) is 3.22. The molecule has 1 aliphatic carbocycles. The van der Waals surface area contributed by atoms with Gasteiger partial charge < -0.3 is 0 Å².